The highest BCUT2D eigenvalue weighted by molar-refractivity contribution is 8.00. The Morgan fingerprint density at radius 2 is 2.42 bits per heavy atom. The van der Waals surface area contributed by atoms with Crippen molar-refractivity contribution in [1.29, 1.82) is 0 Å². The third-order valence-corrected chi connectivity index (χ3v) is 4.81. The normalized spacial score (nSPS) is 22.4. The molecular weight excluding hydrogens is 284 g/mol. The number of thioether (sulfide) groups is 1. The van der Waals surface area contributed by atoms with E-state index in [-0.39, 0.29) is 12.0 Å². The van der Waals surface area contributed by atoms with Gasteiger partial charge >= 0.3 is 0 Å². The maximum atomic E-state index is 11.9. The van der Waals surface area contributed by atoms with Crippen LogP contribution in [0.3, 0.4) is 0 Å². The molecule has 1 aromatic rings. The zero-order chi connectivity index (χ0) is 13.8. The predicted molar refractivity (Wildman–Crippen MR) is 80.8 cm³/mol. The van der Waals surface area contributed by atoms with Crippen molar-refractivity contribution in [2.24, 2.45) is 0 Å². The van der Waals surface area contributed by atoms with Gasteiger partial charge in [-0.25, -0.2) is 0 Å². The number of amides is 1. The predicted octanol–water partition coefficient (Wildman–Crippen LogP) is 2.77. The number of hydrogen-bond donors (Lipinski definition) is 2. The third kappa shape index (κ3) is 4.03. The number of nitrogens with two attached hydrogens (primary N) is 1. The number of rotatable bonds is 4. The van der Waals surface area contributed by atoms with Crippen LogP contribution in [0.15, 0.2) is 18.2 Å². The maximum absolute atomic E-state index is 11.9. The fourth-order valence-electron chi connectivity index (χ4n) is 1.94. The number of ether oxygens (including phenoxy) is 1. The Kier molecular flexibility index (Phi) is 4.96. The molecule has 3 N–H and O–H groups in total. The van der Waals surface area contributed by atoms with Gasteiger partial charge in [0.25, 0.3) is 0 Å². The highest BCUT2D eigenvalue weighted by atomic mass is 35.5. The highest BCUT2D eigenvalue weighted by Crippen LogP contribution is 2.27. The van der Waals surface area contributed by atoms with Gasteiger partial charge in [0.1, 0.15) is 0 Å². The summed E-state index contributed by atoms with van der Waals surface area (Å²) in [5.41, 5.74) is 6.80. The molecule has 0 aromatic heterocycles. The minimum atomic E-state index is -0.0726. The van der Waals surface area contributed by atoms with Crippen LogP contribution in [0.4, 0.5) is 11.4 Å². The first-order valence-corrected chi connectivity index (χ1v) is 7.57. The van der Waals surface area contributed by atoms with Gasteiger partial charge in [-0.05, 0) is 31.5 Å². The molecule has 4 nitrogen and oxygen atoms in total. The zero-order valence-electron chi connectivity index (χ0n) is 10.7. The smallest absolute Gasteiger partial charge is 0.234 e. The summed E-state index contributed by atoms with van der Waals surface area (Å²) in [7, 11) is 0. The SMILES string of the molecule is CC1OCCC1SCC(=O)Nc1cc(N)ccc1Cl. The lowest BCUT2D eigenvalue weighted by Crippen LogP contribution is -2.20. The summed E-state index contributed by atoms with van der Waals surface area (Å²) in [5, 5.41) is 3.66. The molecule has 0 radical (unpaired) electrons. The van der Waals surface area contributed by atoms with Crippen molar-refractivity contribution in [2.75, 3.05) is 23.4 Å². The van der Waals surface area contributed by atoms with Gasteiger partial charge in [0.2, 0.25) is 5.91 Å². The lowest BCUT2D eigenvalue weighted by molar-refractivity contribution is -0.113. The summed E-state index contributed by atoms with van der Waals surface area (Å²) >= 11 is 7.61. The lowest BCUT2D eigenvalue weighted by Gasteiger charge is -2.13. The highest BCUT2D eigenvalue weighted by Gasteiger charge is 2.25. The topological polar surface area (TPSA) is 64.3 Å². The molecule has 1 aromatic carbocycles. The van der Waals surface area contributed by atoms with E-state index in [1.54, 1.807) is 30.0 Å². The van der Waals surface area contributed by atoms with Gasteiger partial charge in [-0.3, -0.25) is 4.79 Å². The average Bonchev–Trinajstić information content (AvgIpc) is 2.77. The third-order valence-electron chi connectivity index (χ3n) is 3.00. The lowest BCUT2D eigenvalue weighted by atomic mass is 10.3. The Balaban J connectivity index is 1.85. The Labute approximate surface area is 122 Å². The molecule has 6 heteroatoms. The second-order valence-electron chi connectivity index (χ2n) is 4.50. The van der Waals surface area contributed by atoms with E-state index < -0.39 is 0 Å². The summed E-state index contributed by atoms with van der Waals surface area (Å²) in [6.07, 6.45) is 1.21. The maximum Gasteiger partial charge on any atom is 0.234 e. The molecule has 2 rings (SSSR count). The quantitative estimate of drug-likeness (QED) is 0.839. The molecule has 1 saturated heterocycles. The Bertz CT molecular complexity index is 470. The Morgan fingerprint density at radius 3 is 3.11 bits per heavy atom. The summed E-state index contributed by atoms with van der Waals surface area (Å²) in [5.74, 6) is 0.320. The van der Waals surface area contributed by atoms with E-state index in [2.05, 4.69) is 5.32 Å². The monoisotopic (exact) mass is 300 g/mol. The zero-order valence-corrected chi connectivity index (χ0v) is 12.3. The van der Waals surface area contributed by atoms with Crippen molar-refractivity contribution in [3.8, 4) is 0 Å². The van der Waals surface area contributed by atoms with Gasteiger partial charge in [-0.15, -0.1) is 11.8 Å². The molecule has 0 aliphatic carbocycles. The molecule has 1 aliphatic rings. The van der Waals surface area contributed by atoms with Crippen molar-refractivity contribution >= 4 is 40.6 Å². The second kappa shape index (κ2) is 6.50. The van der Waals surface area contributed by atoms with E-state index in [0.717, 1.165) is 13.0 Å². The van der Waals surface area contributed by atoms with Crippen molar-refractivity contribution in [3.05, 3.63) is 23.2 Å². The van der Waals surface area contributed by atoms with Crippen LogP contribution in [0.25, 0.3) is 0 Å². The van der Waals surface area contributed by atoms with Crippen LogP contribution in [0, 0.1) is 0 Å². The number of nitrogens with one attached hydrogen (secondary N) is 1. The van der Waals surface area contributed by atoms with E-state index in [1.807, 2.05) is 6.92 Å². The minimum absolute atomic E-state index is 0.0726. The number of carbonyl (C=O) groups is 1. The molecule has 104 valence electrons. The first-order chi connectivity index (χ1) is 9.06. The molecule has 0 saturated carbocycles. The summed E-state index contributed by atoms with van der Waals surface area (Å²) < 4.78 is 5.46. The first kappa shape index (κ1) is 14.5. The van der Waals surface area contributed by atoms with Crippen molar-refractivity contribution < 1.29 is 9.53 Å². The molecule has 0 bridgehead atoms. The van der Waals surface area contributed by atoms with Gasteiger partial charge < -0.3 is 15.8 Å². The largest absolute Gasteiger partial charge is 0.399 e. The van der Waals surface area contributed by atoms with Crippen LogP contribution in [0.5, 0.6) is 0 Å². The number of anilines is 2. The van der Waals surface area contributed by atoms with Crippen LogP contribution in [0.2, 0.25) is 5.02 Å². The van der Waals surface area contributed by atoms with Crippen LogP contribution in [-0.4, -0.2) is 29.6 Å². The van der Waals surface area contributed by atoms with Crippen molar-refractivity contribution in [3.63, 3.8) is 0 Å². The van der Waals surface area contributed by atoms with Crippen LogP contribution < -0.4 is 11.1 Å². The van der Waals surface area contributed by atoms with Gasteiger partial charge in [0.15, 0.2) is 0 Å². The number of benzene rings is 1. The van der Waals surface area contributed by atoms with Crippen molar-refractivity contribution in [2.45, 2.75) is 24.7 Å². The molecule has 2 atom stereocenters. The first-order valence-electron chi connectivity index (χ1n) is 6.14. The summed E-state index contributed by atoms with van der Waals surface area (Å²) in [4.78, 5) is 11.9. The molecule has 0 spiro atoms. The number of halogens is 1. The van der Waals surface area contributed by atoms with Gasteiger partial charge in [0.05, 0.1) is 22.6 Å². The minimum Gasteiger partial charge on any atom is -0.399 e. The van der Waals surface area contributed by atoms with E-state index in [1.165, 1.54) is 0 Å². The van der Waals surface area contributed by atoms with E-state index in [4.69, 9.17) is 22.1 Å². The second-order valence-corrected chi connectivity index (χ2v) is 6.14. The Morgan fingerprint density at radius 1 is 1.63 bits per heavy atom. The molecule has 1 heterocycles. The summed E-state index contributed by atoms with van der Waals surface area (Å²) in [6.45, 7) is 2.82. The molecule has 1 amide bonds. The molecule has 2 unspecified atom stereocenters. The van der Waals surface area contributed by atoms with Gasteiger partial charge in [-0.1, -0.05) is 11.6 Å². The fraction of sp³-hybridized carbons (Fsp3) is 0.462. The number of nitrogen functional groups attached to an aromatic ring is 1. The number of hydrogen-bond acceptors (Lipinski definition) is 4. The van der Waals surface area contributed by atoms with Crippen LogP contribution in [-0.2, 0) is 9.53 Å². The van der Waals surface area contributed by atoms with E-state index in [9.17, 15) is 4.79 Å². The number of carbonyl (C=O) groups excluding carboxylic acids is 1. The molecular formula is C13H17ClN2O2S. The summed E-state index contributed by atoms with van der Waals surface area (Å²) in [6, 6.07) is 5.03. The van der Waals surface area contributed by atoms with Crippen molar-refractivity contribution in [1.82, 2.24) is 0 Å². The molecule has 1 fully saturated rings. The van der Waals surface area contributed by atoms with E-state index >= 15 is 0 Å². The standard InChI is InChI=1S/C13H17ClN2O2S/c1-8-12(4-5-18-8)19-7-13(17)16-11-6-9(15)2-3-10(11)14/h2-3,6,8,12H,4-5,7,15H2,1H3,(H,16,17). The fourth-order valence-corrected chi connectivity index (χ4v) is 3.15. The van der Waals surface area contributed by atoms with Crippen LogP contribution in [0.1, 0.15) is 13.3 Å². The average molecular weight is 301 g/mol. The van der Waals surface area contributed by atoms with Gasteiger partial charge in [0, 0.05) is 17.5 Å². The van der Waals surface area contributed by atoms with E-state index in [0.29, 0.717) is 27.4 Å². The van der Waals surface area contributed by atoms with Crippen LogP contribution >= 0.6 is 23.4 Å². The van der Waals surface area contributed by atoms with Gasteiger partial charge in [-0.2, -0.15) is 0 Å². The molecule has 19 heavy (non-hydrogen) atoms. The molecule has 1 aliphatic heterocycles. The Hall–Kier alpha value is -0.910.